The van der Waals surface area contributed by atoms with Crippen molar-refractivity contribution in [1.29, 1.82) is 0 Å². The third-order valence-corrected chi connectivity index (χ3v) is 14.6. The molecular weight excluding hydrogens is 773 g/mol. The van der Waals surface area contributed by atoms with Crippen LogP contribution in [0, 0.1) is 5.92 Å². The first-order chi connectivity index (χ1) is 26.7. The Labute approximate surface area is 345 Å². The number of esters is 1. The fourth-order valence-corrected chi connectivity index (χ4v) is 9.38. The van der Waals surface area contributed by atoms with E-state index in [4.69, 9.17) is 18.9 Å². The number of carbonyl (C=O) groups excluding carboxylic acids is 5. The number of allylic oxidation sites excluding steroid dienone is 2. The number of hydrogen-bond acceptors (Lipinski definition) is 11. The van der Waals surface area contributed by atoms with Crippen LogP contribution in [0.15, 0.2) is 46.6 Å². The number of nitrogens with one attached hydrogen (secondary N) is 3. The smallest absolute Gasteiger partial charge is 0.412 e. The molecule has 5 rings (SSSR count). The number of alkyl carbamates (subject to hydrolysis) is 1. The number of amides is 2. The molecule has 2 amide bonds. The highest BCUT2D eigenvalue weighted by Gasteiger charge is 2.55. The van der Waals surface area contributed by atoms with Gasteiger partial charge in [-0.05, 0) is 88.4 Å². The molecule has 15 heteroatoms. The number of ether oxygens (including phenoxy) is 4. The summed E-state index contributed by atoms with van der Waals surface area (Å²) in [5, 5.41) is 9.50. The lowest BCUT2D eigenvalue weighted by Crippen LogP contribution is -2.56. The normalized spacial score (nSPS) is 21.7. The Balaban J connectivity index is 1.52. The molecule has 1 aromatic carbocycles. The molecule has 3 atom stereocenters. The molecule has 0 aromatic heterocycles. The van der Waals surface area contributed by atoms with Crippen molar-refractivity contribution in [2.45, 2.75) is 149 Å². The van der Waals surface area contributed by atoms with E-state index in [0.29, 0.717) is 25.1 Å². The first-order valence-electron chi connectivity index (χ1n) is 20.4. The van der Waals surface area contributed by atoms with Crippen molar-refractivity contribution < 1.29 is 42.9 Å². The van der Waals surface area contributed by atoms with Gasteiger partial charge in [0.2, 0.25) is 0 Å². The third kappa shape index (κ3) is 10.3. The maximum atomic E-state index is 14.1. The molecule has 0 saturated carbocycles. The van der Waals surface area contributed by atoms with Crippen molar-refractivity contribution in [1.82, 2.24) is 15.5 Å². The van der Waals surface area contributed by atoms with E-state index >= 15 is 0 Å². The maximum Gasteiger partial charge on any atom is 0.412 e. The fraction of sp³-hybridized carbons (Fsp3) is 0.605. The highest BCUT2D eigenvalue weighted by molar-refractivity contribution is 7.03. The zero-order chi connectivity index (χ0) is 43.2. The summed E-state index contributed by atoms with van der Waals surface area (Å²) in [5.74, 6) is -0.0602. The van der Waals surface area contributed by atoms with Crippen molar-refractivity contribution in [3.63, 3.8) is 0 Å². The molecule has 0 radical (unpaired) electrons. The van der Waals surface area contributed by atoms with Crippen molar-refractivity contribution in [2.75, 3.05) is 18.5 Å². The van der Waals surface area contributed by atoms with Crippen LogP contribution in [-0.2, 0) is 39.9 Å². The number of hydrogen-bond donors (Lipinski definition) is 3. The Kier molecular flexibility index (Phi) is 12.7. The van der Waals surface area contributed by atoms with E-state index in [9.17, 15) is 24.0 Å². The minimum atomic E-state index is -2.25. The second-order valence-corrected chi connectivity index (χ2v) is 29.9. The van der Waals surface area contributed by atoms with Gasteiger partial charge >= 0.3 is 18.2 Å². The minimum absolute atomic E-state index is 0.00167. The zero-order valence-electron chi connectivity index (χ0n) is 36.7. The SMILES string of the molecule is CCC1(OC(=O)CCNC(=O)OC(C)(C)C)C2=C(COC1CC(=O)[Si](C)(C)C)C(CC(=O)[Si](C)(C)C)C1=C(C2)NC2=Cc3cc(NC(=O)OC(C)(C)C)ccc3CN21. The predicted molar refractivity (Wildman–Crippen MR) is 229 cm³/mol. The average Bonchev–Trinajstić information content (AvgIpc) is 3.42. The molecule has 3 N–H and O–H groups in total. The number of benzene rings is 1. The van der Waals surface area contributed by atoms with Crippen molar-refractivity contribution >= 4 is 56.9 Å². The molecule has 1 aliphatic carbocycles. The van der Waals surface area contributed by atoms with Crippen LogP contribution in [0.4, 0.5) is 15.3 Å². The number of nitrogens with zero attached hydrogens (tertiary/aromatic N) is 1. The van der Waals surface area contributed by atoms with Crippen LogP contribution >= 0.6 is 0 Å². The second kappa shape index (κ2) is 16.4. The lowest BCUT2D eigenvalue weighted by atomic mass is 9.70. The second-order valence-electron chi connectivity index (χ2n) is 19.8. The summed E-state index contributed by atoms with van der Waals surface area (Å²) in [6.07, 6.45) is 1.11. The first-order valence-corrected chi connectivity index (χ1v) is 27.4. The quantitative estimate of drug-likeness (QED) is 0.0811. The van der Waals surface area contributed by atoms with Crippen LogP contribution in [0.1, 0.15) is 91.7 Å². The van der Waals surface area contributed by atoms with Gasteiger partial charge in [-0.25, -0.2) is 9.59 Å². The van der Waals surface area contributed by atoms with Gasteiger partial charge in [0.1, 0.15) is 50.1 Å². The Morgan fingerprint density at radius 2 is 1.53 bits per heavy atom. The van der Waals surface area contributed by atoms with Crippen molar-refractivity contribution in [3.05, 3.63) is 57.7 Å². The zero-order valence-corrected chi connectivity index (χ0v) is 38.7. The van der Waals surface area contributed by atoms with E-state index in [1.165, 1.54) is 0 Å². The Morgan fingerprint density at radius 3 is 2.14 bits per heavy atom. The summed E-state index contributed by atoms with van der Waals surface area (Å²) in [5.41, 5.74) is 3.65. The summed E-state index contributed by atoms with van der Waals surface area (Å²) in [6.45, 7) is 25.6. The molecule has 3 heterocycles. The van der Waals surface area contributed by atoms with Gasteiger partial charge in [-0.1, -0.05) is 52.3 Å². The van der Waals surface area contributed by atoms with Gasteiger partial charge in [-0.3, -0.25) is 10.1 Å². The van der Waals surface area contributed by atoms with E-state index in [-0.39, 0.29) is 49.1 Å². The maximum absolute atomic E-state index is 14.1. The molecule has 0 bridgehead atoms. The summed E-state index contributed by atoms with van der Waals surface area (Å²) < 4.78 is 24.1. The molecule has 1 aromatic rings. The predicted octanol–water partition coefficient (Wildman–Crippen LogP) is 7.96. The molecule has 13 nitrogen and oxygen atoms in total. The van der Waals surface area contributed by atoms with Gasteiger partial charge in [-0.15, -0.1) is 0 Å². The van der Waals surface area contributed by atoms with Crippen LogP contribution in [0.5, 0.6) is 0 Å². The van der Waals surface area contributed by atoms with E-state index in [1.807, 2.05) is 71.6 Å². The monoisotopic (exact) mass is 836 g/mol. The van der Waals surface area contributed by atoms with E-state index in [1.54, 1.807) is 20.8 Å². The fourth-order valence-electron chi connectivity index (χ4n) is 7.77. The first kappa shape index (κ1) is 44.9. The number of carbonyl (C=O) groups is 5. The number of rotatable bonds is 12. The summed E-state index contributed by atoms with van der Waals surface area (Å²) in [6, 6.07) is 5.77. The Bertz CT molecular complexity index is 1940. The lowest BCUT2D eigenvalue weighted by molar-refractivity contribution is -0.177. The third-order valence-electron chi connectivity index (χ3n) is 10.8. The van der Waals surface area contributed by atoms with Gasteiger partial charge in [0, 0.05) is 55.4 Å². The standard InChI is InChI=1S/C43H64N4O9Si2/c1-14-43(54-35(48)17-18-44-39(51)55-41(2,3)4)31-22-32-38(29(21-36(49)57(8,9)10)30(31)25-53-33(43)23-37(50)58(11,12)13)47-24-26-15-16-28(19-27(26)20-34(47)46-32)45-40(52)56-42(5,6)7/h15-16,19-20,29,33,46H,14,17-18,21-25H2,1-13H3,(H,44,51)(H,45,52). The van der Waals surface area contributed by atoms with Gasteiger partial charge in [-0.2, -0.15) is 0 Å². The van der Waals surface area contributed by atoms with Crippen LogP contribution in [-0.4, -0.2) is 86.1 Å². The number of anilines is 1. The van der Waals surface area contributed by atoms with Gasteiger partial charge < -0.3 is 44.1 Å². The molecule has 3 unspecified atom stereocenters. The molecule has 4 aliphatic rings. The highest BCUT2D eigenvalue weighted by Crippen LogP contribution is 2.52. The molecule has 0 fully saturated rings. The summed E-state index contributed by atoms with van der Waals surface area (Å²) in [7, 11) is -4.49. The van der Waals surface area contributed by atoms with Crippen LogP contribution in [0.3, 0.4) is 0 Å². The van der Waals surface area contributed by atoms with E-state index in [0.717, 1.165) is 39.5 Å². The minimum Gasteiger partial charge on any atom is -0.452 e. The highest BCUT2D eigenvalue weighted by atomic mass is 28.3. The molecule has 0 saturated heterocycles. The van der Waals surface area contributed by atoms with Gasteiger partial charge in [0.15, 0.2) is 5.60 Å². The van der Waals surface area contributed by atoms with Crippen LogP contribution in [0.2, 0.25) is 39.3 Å². The van der Waals surface area contributed by atoms with Crippen LogP contribution < -0.4 is 16.0 Å². The molecule has 0 spiro atoms. The Morgan fingerprint density at radius 1 is 0.914 bits per heavy atom. The molecule has 58 heavy (non-hydrogen) atoms. The molecular formula is C43H64N4O9Si2. The molecule has 3 aliphatic heterocycles. The van der Waals surface area contributed by atoms with Gasteiger partial charge in [0.25, 0.3) is 0 Å². The Hall–Kier alpha value is -4.22. The topological polar surface area (TPSA) is 162 Å². The van der Waals surface area contributed by atoms with E-state index < -0.39 is 57.2 Å². The van der Waals surface area contributed by atoms with Gasteiger partial charge in [0.05, 0.1) is 13.0 Å². The van der Waals surface area contributed by atoms with Crippen molar-refractivity contribution in [3.8, 4) is 0 Å². The largest absolute Gasteiger partial charge is 0.452 e. The summed E-state index contributed by atoms with van der Waals surface area (Å²) >= 11 is 0. The van der Waals surface area contributed by atoms with Crippen LogP contribution in [0.25, 0.3) is 6.08 Å². The van der Waals surface area contributed by atoms with E-state index in [2.05, 4.69) is 40.5 Å². The lowest BCUT2D eigenvalue weighted by Gasteiger charge is -2.49. The van der Waals surface area contributed by atoms with Crippen molar-refractivity contribution in [2.24, 2.45) is 5.92 Å². The number of fused-ring (bicyclic) bond motifs is 3. The average molecular weight is 837 g/mol. The summed E-state index contributed by atoms with van der Waals surface area (Å²) in [4.78, 5) is 68.8. The molecule has 318 valence electrons.